The molecule has 1 rings (SSSR count). The first-order chi connectivity index (χ1) is 5.74. The highest BCUT2D eigenvalue weighted by molar-refractivity contribution is 5.89. The van der Waals surface area contributed by atoms with E-state index < -0.39 is 6.03 Å². The number of hydrogen-bond donors (Lipinski definition) is 2. The lowest BCUT2D eigenvalue weighted by atomic mass is 10.3. The zero-order chi connectivity index (χ0) is 8.97. The Labute approximate surface area is 70.3 Å². The standard InChI is InChI=1S/C8H10N2O2/c1-12-7-5-3-2-4-6(7)10-8(9)11/h2-5H,1H3,(H3,9,10,11). The summed E-state index contributed by atoms with van der Waals surface area (Å²) in [7, 11) is 1.53. The Morgan fingerprint density at radius 2 is 2.17 bits per heavy atom. The Hall–Kier alpha value is -1.71. The first kappa shape index (κ1) is 8.39. The van der Waals surface area contributed by atoms with Crippen LogP contribution in [0.5, 0.6) is 5.75 Å². The molecule has 3 N–H and O–H groups in total. The van der Waals surface area contributed by atoms with E-state index in [4.69, 9.17) is 10.5 Å². The SMILES string of the molecule is COc1ccccc1NC(N)=O. The molecule has 0 aromatic heterocycles. The maximum atomic E-state index is 10.5. The van der Waals surface area contributed by atoms with Crippen molar-refractivity contribution in [1.29, 1.82) is 0 Å². The van der Waals surface area contributed by atoms with Gasteiger partial charge in [0, 0.05) is 0 Å². The number of carbonyl (C=O) groups is 1. The van der Waals surface area contributed by atoms with E-state index in [1.165, 1.54) is 7.11 Å². The molecule has 64 valence electrons. The number of nitrogens with one attached hydrogen (secondary N) is 1. The van der Waals surface area contributed by atoms with Crippen LogP contribution in [0.2, 0.25) is 0 Å². The zero-order valence-corrected chi connectivity index (χ0v) is 6.70. The van der Waals surface area contributed by atoms with Crippen molar-refractivity contribution in [3.63, 3.8) is 0 Å². The summed E-state index contributed by atoms with van der Waals surface area (Å²) in [5.74, 6) is 0.594. The molecule has 0 atom stereocenters. The molecular formula is C8H10N2O2. The van der Waals surface area contributed by atoms with Crippen LogP contribution in [0.25, 0.3) is 0 Å². The Kier molecular flexibility index (Phi) is 2.53. The molecule has 4 nitrogen and oxygen atoms in total. The topological polar surface area (TPSA) is 64.3 Å². The number of anilines is 1. The number of amides is 2. The summed E-state index contributed by atoms with van der Waals surface area (Å²) in [6, 6.07) is 6.45. The highest BCUT2D eigenvalue weighted by atomic mass is 16.5. The minimum atomic E-state index is -0.598. The molecule has 4 heteroatoms. The van der Waals surface area contributed by atoms with Crippen LogP contribution in [0.4, 0.5) is 10.5 Å². The lowest BCUT2D eigenvalue weighted by molar-refractivity contribution is 0.259. The van der Waals surface area contributed by atoms with Crippen LogP contribution in [0, 0.1) is 0 Å². The zero-order valence-electron chi connectivity index (χ0n) is 6.70. The highest BCUT2D eigenvalue weighted by Gasteiger charge is 2.01. The lowest BCUT2D eigenvalue weighted by Crippen LogP contribution is -2.19. The Bertz CT molecular complexity index is 286. The van der Waals surface area contributed by atoms with Gasteiger partial charge in [-0.25, -0.2) is 4.79 Å². The number of para-hydroxylation sites is 2. The minimum Gasteiger partial charge on any atom is -0.495 e. The summed E-state index contributed by atoms with van der Waals surface area (Å²) >= 11 is 0. The maximum Gasteiger partial charge on any atom is 0.316 e. The van der Waals surface area contributed by atoms with Crippen LogP contribution in [0.15, 0.2) is 24.3 Å². The van der Waals surface area contributed by atoms with Crippen molar-refractivity contribution in [3.8, 4) is 5.75 Å². The van der Waals surface area contributed by atoms with Gasteiger partial charge in [0.15, 0.2) is 0 Å². The molecule has 0 aliphatic heterocycles. The van der Waals surface area contributed by atoms with Crippen LogP contribution >= 0.6 is 0 Å². The average molecular weight is 166 g/mol. The number of methoxy groups -OCH3 is 1. The predicted octanol–water partition coefficient (Wildman–Crippen LogP) is 1.19. The fourth-order valence-corrected chi connectivity index (χ4v) is 0.881. The summed E-state index contributed by atoms with van der Waals surface area (Å²) in [4.78, 5) is 10.5. The first-order valence-electron chi connectivity index (χ1n) is 3.43. The molecule has 0 heterocycles. The third-order valence-corrected chi connectivity index (χ3v) is 1.36. The van der Waals surface area contributed by atoms with Crippen molar-refractivity contribution >= 4 is 11.7 Å². The van der Waals surface area contributed by atoms with E-state index in [9.17, 15) is 4.79 Å². The molecule has 0 aliphatic rings. The van der Waals surface area contributed by atoms with Gasteiger partial charge in [-0.3, -0.25) is 0 Å². The maximum absolute atomic E-state index is 10.5. The third-order valence-electron chi connectivity index (χ3n) is 1.36. The van der Waals surface area contributed by atoms with Gasteiger partial charge in [-0.15, -0.1) is 0 Å². The number of rotatable bonds is 2. The number of primary amides is 1. The molecule has 2 amide bonds. The molecule has 1 aromatic rings. The monoisotopic (exact) mass is 166 g/mol. The minimum absolute atomic E-state index is 0.576. The molecule has 0 radical (unpaired) electrons. The van der Waals surface area contributed by atoms with E-state index in [-0.39, 0.29) is 0 Å². The number of nitrogens with two attached hydrogens (primary N) is 1. The van der Waals surface area contributed by atoms with Gasteiger partial charge in [0.2, 0.25) is 0 Å². The van der Waals surface area contributed by atoms with E-state index in [0.717, 1.165) is 0 Å². The molecule has 0 aliphatic carbocycles. The van der Waals surface area contributed by atoms with Gasteiger partial charge < -0.3 is 15.8 Å². The number of urea groups is 1. The van der Waals surface area contributed by atoms with Crippen molar-refractivity contribution in [1.82, 2.24) is 0 Å². The van der Waals surface area contributed by atoms with Crippen LogP contribution < -0.4 is 15.8 Å². The molecule has 12 heavy (non-hydrogen) atoms. The molecule has 0 saturated carbocycles. The fraction of sp³-hybridized carbons (Fsp3) is 0.125. The van der Waals surface area contributed by atoms with E-state index >= 15 is 0 Å². The fourth-order valence-electron chi connectivity index (χ4n) is 0.881. The van der Waals surface area contributed by atoms with Gasteiger partial charge >= 0.3 is 6.03 Å². The van der Waals surface area contributed by atoms with Crippen molar-refractivity contribution in [2.75, 3.05) is 12.4 Å². The number of ether oxygens (including phenoxy) is 1. The van der Waals surface area contributed by atoms with Gasteiger partial charge in [0.25, 0.3) is 0 Å². The van der Waals surface area contributed by atoms with Gasteiger partial charge in [-0.05, 0) is 12.1 Å². The number of carbonyl (C=O) groups excluding carboxylic acids is 1. The average Bonchev–Trinajstić information content (AvgIpc) is 2.04. The van der Waals surface area contributed by atoms with Crippen LogP contribution in [-0.2, 0) is 0 Å². The quantitative estimate of drug-likeness (QED) is 0.693. The highest BCUT2D eigenvalue weighted by Crippen LogP contribution is 2.22. The normalized spacial score (nSPS) is 9.08. The molecule has 0 unspecified atom stereocenters. The van der Waals surface area contributed by atoms with Crippen LogP contribution in [-0.4, -0.2) is 13.1 Å². The van der Waals surface area contributed by atoms with E-state index in [1.54, 1.807) is 18.2 Å². The Morgan fingerprint density at radius 3 is 2.75 bits per heavy atom. The second-order valence-electron chi connectivity index (χ2n) is 2.19. The molecule has 0 bridgehead atoms. The van der Waals surface area contributed by atoms with Crippen LogP contribution in [0.3, 0.4) is 0 Å². The molecular weight excluding hydrogens is 156 g/mol. The van der Waals surface area contributed by atoms with Crippen molar-refractivity contribution in [2.24, 2.45) is 5.73 Å². The molecule has 0 saturated heterocycles. The smallest absolute Gasteiger partial charge is 0.316 e. The second-order valence-corrected chi connectivity index (χ2v) is 2.19. The number of benzene rings is 1. The Morgan fingerprint density at radius 1 is 1.50 bits per heavy atom. The summed E-state index contributed by atoms with van der Waals surface area (Å²) in [6.07, 6.45) is 0. The predicted molar refractivity (Wildman–Crippen MR) is 46.2 cm³/mol. The molecule has 0 fully saturated rings. The largest absolute Gasteiger partial charge is 0.495 e. The van der Waals surface area contributed by atoms with Crippen LogP contribution in [0.1, 0.15) is 0 Å². The van der Waals surface area contributed by atoms with Gasteiger partial charge in [0.05, 0.1) is 12.8 Å². The van der Waals surface area contributed by atoms with Crippen molar-refractivity contribution in [3.05, 3.63) is 24.3 Å². The Balaban J connectivity index is 2.89. The summed E-state index contributed by atoms with van der Waals surface area (Å²) in [5, 5.41) is 2.44. The van der Waals surface area contributed by atoms with Gasteiger partial charge in [-0.2, -0.15) is 0 Å². The van der Waals surface area contributed by atoms with Crippen molar-refractivity contribution in [2.45, 2.75) is 0 Å². The van der Waals surface area contributed by atoms with Gasteiger partial charge in [0.1, 0.15) is 5.75 Å². The van der Waals surface area contributed by atoms with Gasteiger partial charge in [-0.1, -0.05) is 12.1 Å². The third kappa shape index (κ3) is 1.88. The van der Waals surface area contributed by atoms with E-state index in [0.29, 0.717) is 11.4 Å². The van der Waals surface area contributed by atoms with Crippen molar-refractivity contribution < 1.29 is 9.53 Å². The summed E-state index contributed by atoms with van der Waals surface area (Å²) in [6.45, 7) is 0. The molecule has 1 aromatic carbocycles. The molecule has 0 spiro atoms. The van der Waals surface area contributed by atoms with E-state index in [2.05, 4.69) is 5.32 Å². The summed E-state index contributed by atoms with van der Waals surface area (Å²) in [5.41, 5.74) is 5.52. The second kappa shape index (κ2) is 3.61. The number of hydrogen-bond acceptors (Lipinski definition) is 2. The lowest BCUT2D eigenvalue weighted by Gasteiger charge is -2.06. The summed E-state index contributed by atoms with van der Waals surface area (Å²) < 4.78 is 4.98. The first-order valence-corrected chi connectivity index (χ1v) is 3.43. The van der Waals surface area contributed by atoms with E-state index in [1.807, 2.05) is 6.07 Å².